The first-order chi connectivity index (χ1) is 7.66. The Bertz CT molecular complexity index is 334. The lowest BCUT2D eigenvalue weighted by atomic mass is 9.93. The van der Waals surface area contributed by atoms with Crippen molar-refractivity contribution in [3.63, 3.8) is 0 Å². The minimum atomic E-state index is -0.211. The molecule has 3 heteroatoms. The van der Waals surface area contributed by atoms with E-state index in [1.54, 1.807) is 0 Å². The Labute approximate surface area is 96.9 Å². The normalized spacial score (nSPS) is 23.1. The average molecular weight is 220 g/mol. The quantitative estimate of drug-likeness (QED) is 0.748. The third-order valence-electron chi connectivity index (χ3n) is 3.40. The second kappa shape index (κ2) is 4.74. The van der Waals surface area contributed by atoms with E-state index in [0.29, 0.717) is 5.92 Å². The van der Waals surface area contributed by atoms with Gasteiger partial charge in [0.15, 0.2) is 0 Å². The molecule has 1 saturated heterocycles. The number of anilines is 2. The van der Waals surface area contributed by atoms with Gasteiger partial charge in [0.1, 0.15) is 0 Å². The molecule has 88 valence electrons. The Morgan fingerprint density at radius 3 is 2.69 bits per heavy atom. The van der Waals surface area contributed by atoms with Gasteiger partial charge >= 0.3 is 0 Å². The molecule has 0 radical (unpaired) electrons. The van der Waals surface area contributed by atoms with E-state index in [1.807, 2.05) is 19.1 Å². The van der Waals surface area contributed by atoms with E-state index in [9.17, 15) is 5.11 Å². The van der Waals surface area contributed by atoms with Crippen molar-refractivity contribution in [2.75, 3.05) is 23.7 Å². The Morgan fingerprint density at radius 2 is 2.06 bits per heavy atom. The van der Waals surface area contributed by atoms with Crippen LogP contribution in [0, 0.1) is 5.92 Å². The second-order valence-corrected chi connectivity index (χ2v) is 4.68. The van der Waals surface area contributed by atoms with Gasteiger partial charge < -0.3 is 15.7 Å². The maximum atomic E-state index is 9.64. The molecule has 1 aromatic carbocycles. The lowest BCUT2D eigenvalue weighted by Gasteiger charge is -2.35. The van der Waals surface area contributed by atoms with E-state index >= 15 is 0 Å². The topological polar surface area (TPSA) is 49.5 Å². The van der Waals surface area contributed by atoms with Gasteiger partial charge in [-0.3, -0.25) is 0 Å². The van der Waals surface area contributed by atoms with Crippen LogP contribution in [0.1, 0.15) is 19.8 Å². The van der Waals surface area contributed by atoms with Crippen LogP contribution in [-0.4, -0.2) is 24.3 Å². The van der Waals surface area contributed by atoms with Crippen LogP contribution in [0.2, 0.25) is 0 Å². The molecule has 1 aromatic rings. The molecule has 3 nitrogen and oxygen atoms in total. The lowest BCUT2D eigenvalue weighted by molar-refractivity contribution is 0.115. The third kappa shape index (κ3) is 2.47. The third-order valence-corrected chi connectivity index (χ3v) is 3.40. The number of hydrogen-bond donors (Lipinski definition) is 2. The monoisotopic (exact) mass is 220 g/mol. The molecule has 0 aromatic heterocycles. The van der Waals surface area contributed by atoms with Crippen LogP contribution in [0.3, 0.4) is 0 Å². The number of benzene rings is 1. The second-order valence-electron chi connectivity index (χ2n) is 4.68. The van der Waals surface area contributed by atoms with Crippen molar-refractivity contribution in [1.82, 2.24) is 0 Å². The predicted octanol–water partition coefficient (Wildman–Crippen LogP) is 1.87. The Balaban J connectivity index is 2.06. The first-order valence-corrected chi connectivity index (χ1v) is 5.95. The fraction of sp³-hybridized carbons (Fsp3) is 0.538. The predicted molar refractivity (Wildman–Crippen MR) is 67.5 cm³/mol. The van der Waals surface area contributed by atoms with Crippen LogP contribution in [0.15, 0.2) is 24.3 Å². The number of hydrogen-bond acceptors (Lipinski definition) is 3. The SMILES string of the molecule is C[C@@H](O)[C@@H]1CCCN(c2ccc(N)cc2)C1. The highest BCUT2D eigenvalue weighted by atomic mass is 16.3. The van der Waals surface area contributed by atoms with Crippen LogP contribution in [0.25, 0.3) is 0 Å². The Kier molecular flexibility index (Phi) is 3.34. The molecule has 0 amide bonds. The summed E-state index contributed by atoms with van der Waals surface area (Å²) in [5.74, 6) is 0.395. The Hall–Kier alpha value is -1.22. The van der Waals surface area contributed by atoms with Crippen molar-refractivity contribution in [1.29, 1.82) is 0 Å². The van der Waals surface area contributed by atoms with E-state index in [-0.39, 0.29) is 6.10 Å². The maximum absolute atomic E-state index is 9.64. The molecule has 1 aliphatic heterocycles. The zero-order valence-corrected chi connectivity index (χ0v) is 9.76. The number of aliphatic hydroxyl groups excluding tert-OH is 1. The van der Waals surface area contributed by atoms with Gasteiger partial charge in [-0.1, -0.05) is 0 Å². The number of nitrogens with zero attached hydrogens (tertiary/aromatic N) is 1. The van der Waals surface area contributed by atoms with Crippen LogP contribution in [-0.2, 0) is 0 Å². The molecule has 0 spiro atoms. The van der Waals surface area contributed by atoms with Gasteiger partial charge in [-0.2, -0.15) is 0 Å². The van der Waals surface area contributed by atoms with Gasteiger partial charge in [-0.15, -0.1) is 0 Å². The summed E-state index contributed by atoms with van der Waals surface area (Å²) >= 11 is 0. The molecule has 1 aliphatic rings. The molecule has 3 N–H and O–H groups in total. The molecule has 1 heterocycles. The number of aliphatic hydroxyl groups is 1. The summed E-state index contributed by atoms with van der Waals surface area (Å²) in [6, 6.07) is 7.97. The van der Waals surface area contributed by atoms with Crippen LogP contribution >= 0.6 is 0 Å². The Morgan fingerprint density at radius 1 is 1.38 bits per heavy atom. The molecule has 2 atom stereocenters. The van der Waals surface area contributed by atoms with Crippen molar-refractivity contribution >= 4 is 11.4 Å². The zero-order valence-electron chi connectivity index (χ0n) is 9.76. The van der Waals surface area contributed by atoms with E-state index in [0.717, 1.165) is 31.6 Å². The van der Waals surface area contributed by atoms with E-state index in [2.05, 4.69) is 17.0 Å². The molecule has 2 rings (SSSR count). The highest BCUT2D eigenvalue weighted by Gasteiger charge is 2.23. The summed E-state index contributed by atoms with van der Waals surface area (Å²) in [6.45, 7) is 3.91. The smallest absolute Gasteiger partial charge is 0.0557 e. The van der Waals surface area contributed by atoms with Gasteiger partial charge in [0.25, 0.3) is 0 Å². The minimum Gasteiger partial charge on any atom is -0.399 e. The largest absolute Gasteiger partial charge is 0.399 e. The molecule has 0 saturated carbocycles. The summed E-state index contributed by atoms with van der Waals surface area (Å²) < 4.78 is 0. The van der Waals surface area contributed by atoms with Crippen molar-refractivity contribution < 1.29 is 5.11 Å². The first-order valence-electron chi connectivity index (χ1n) is 5.95. The summed E-state index contributed by atoms with van der Waals surface area (Å²) in [7, 11) is 0. The number of nitrogens with two attached hydrogens (primary N) is 1. The first kappa shape index (κ1) is 11.3. The van der Waals surface area contributed by atoms with E-state index < -0.39 is 0 Å². The van der Waals surface area contributed by atoms with Crippen LogP contribution in [0.5, 0.6) is 0 Å². The standard InChI is InChI=1S/C13H20N2O/c1-10(16)11-3-2-8-15(9-11)13-6-4-12(14)5-7-13/h4-7,10-11,16H,2-3,8-9,14H2,1H3/t10-,11-/m1/s1. The van der Waals surface area contributed by atoms with E-state index in [1.165, 1.54) is 5.69 Å². The molecule has 1 fully saturated rings. The molecule has 16 heavy (non-hydrogen) atoms. The van der Waals surface area contributed by atoms with Crippen molar-refractivity contribution in [3.8, 4) is 0 Å². The highest BCUT2D eigenvalue weighted by molar-refractivity contribution is 5.53. The van der Waals surface area contributed by atoms with Crippen LogP contribution in [0.4, 0.5) is 11.4 Å². The van der Waals surface area contributed by atoms with Gasteiger partial charge in [0, 0.05) is 30.4 Å². The van der Waals surface area contributed by atoms with Crippen molar-refractivity contribution in [2.24, 2.45) is 5.92 Å². The van der Waals surface area contributed by atoms with Gasteiger partial charge in [-0.25, -0.2) is 0 Å². The highest BCUT2D eigenvalue weighted by Crippen LogP contribution is 2.25. The summed E-state index contributed by atoms with van der Waals surface area (Å²) in [6.07, 6.45) is 2.07. The summed E-state index contributed by atoms with van der Waals surface area (Å²) in [5, 5.41) is 9.64. The molecular weight excluding hydrogens is 200 g/mol. The summed E-state index contributed by atoms with van der Waals surface area (Å²) in [4.78, 5) is 2.33. The molecule has 0 bridgehead atoms. The maximum Gasteiger partial charge on any atom is 0.0557 e. The van der Waals surface area contributed by atoms with Gasteiger partial charge in [0.05, 0.1) is 6.10 Å². The number of nitrogen functional groups attached to an aromatic ring is 1. The number of piperidine rings is 1. The average Bonchev–Trinajstić information content (AvgIpc) is 2.30. The fourth-order valence-corrected chi connectivity index (χ4v) is 2.32. The molecule has 0 aliphatic carbocycles. The fourth-order valence-electron chi connectivity index (χ4n) is 2.32. The molecular formula is C13H20N2O. The van der Waals surface area contributed by atoms with Crippen LogP contribution < -0.4 is 10.6 Å². The number of rotatable bonds is 2. The van der Waals surface area contributed by atoms with Crippen molar-refractivity contribution in [2.45, 2.75) is 25.9 Å². The molecule has 0 unspecified atom stereocenters. The van der Waals surface area contributed by atoms with E-state index in [4.69, 9.17) is 5.73 Å². The lowest BCUT2D eigenvalue weighted by Crippen LogP contribution is -2.39. The zero-order chi connectivity index (χ0) is 11.5. The van der Waals surface area contributed by atoms with Gasteiger partial charge in [0.2, 0.25) is 0 Å². The minimum absolute atomic E-state index is 0.211. The van der Waals surface area contributed by atoms with Crippen molar-refractivity contribution in [3.05, 3.63) is 24.3 Å². The van der Waals surface area contributed by atoms with Gasteiger partial charge in [-0.05, 0) is 44.0 Å². The summed E-state index contributed by atoms with van der Waals surface area (Å²) in [5.41, 5.74) is 7.68.